The van der Waals surface area contributed by atoms with Crippen molar-refractivity contribution in [2.24, 2.45) is 5.73 Å². The minimum atomic E-state index is 0.0743. The minimum Gasteiger partial charge on any atom is -0.395 e. The van der Waals surface area contributed by atoms with Gasteiger partial charge in [0.05, 0.1) is 12.6 Å². The number of thiophene rings is 1. The molecule has 4 heteroatoms. The summed E-state index contributed by atoms with van der Waals surface area (Å²) in [4.78, 5) is 3.35. The van der Waals surface area contributed by atoms with Gasteiger partial charge < -0.3 is 10.8 Å². The van der Waals surface area contributed by atoms with Gasteiger partial charge in [0.15, 0.2) is 0 Å². The van der Waals surface area contributed by atoms with E-state index in [1.807, 2.05) is 20.0 Å². The predicted molar refractivity (Wildman–Crippen MR) is 60.4 cm³/mol. The summed E-state index contributed by atoms with van der Waals surface area (Å²) in [6.07, 6.45) is 0. The summed E-state index contributed by atoms with van der Waals surface area (Å²) in [7, 11) is 1.99. The van der Waals surface area contributed by atoms with E-state index >= 15 is 0 Å². The fraction of sp³-hybridized carbons (Fsp3) is 0.600. The van der Waals surface area contributed by atoms with E-state index in [-0.39, 0.29) is 18.7 Å². The van der Waals surface area contributed by atoms with Crippen molar-refractivity contribution in [1.82, 2.24) is 4.90 Å². The highest BCUT2D eigenvalue weighted by Gasteiger charge is 2.21. The van der Waals surface area contributed by atoms with E-state index in [0.29, 0.717) is 6.54 Å². The molecule has 0 aliphatic rings. The van der Waals surface area contributed by atoms with Gasteiger partial charge >= 0.3 is 0 Å². The van der Waals surface area contributed by atoms with Gasteiger partial charge in [0.25, 0.3) is 0 Å². The molecule has 0 amide bonds. The Morgan fingerprint density at radius 2 is 2.36 bits per heavy atom. The van der Waals surface area contributed by atoms with E-state index in [1.54, 1.807) is 11.3 Å². The first-order valence-corrected chi connectivity index (χ1v) is 5.65. The molecular weight excluding hydrogens is 196 g/mol. The maximum atomic E-state index is 8.89. The van der Waals surface area contributed by atoms with Crippen molar-refractivity contribution in [2.45, 2.75) is 19.0 Å². The second-order valence-electron chi connectivity index (χ2n) is 3.52. The molecule has 0 spiro atoms. The normalized spacial score (nSPS) is 15.8. The maximum absolute atomic E-state index is 8.89. The standard InChI is InChI=1S/C10H18N2OS/c1-8(11)10(12(2)5-6-13)9-4-3-7-14-9/h3-4,7-8,10,13H,5-6,11H2,1-2H3. The largest absolute Gasteiger partial charge is 0.395 e. The first-order valence-electron chi connectivity index (χ1n) is 4.77. The average molecular weight is 214 g/mol. The lowest BCUT2D eigenvalue weighted by molar-refractivity contribution is 0.169. The molecule has 1 rings (SSSR count). The van der Waals surface area contributed by atoms with Crippen molar-refractivity contribution in [3.8, 4) is 0 Å². The summed E-state index contributed by atoms with van der Waals surface area (Å²) in [6, 6.07) is 4.40. The molecule has 80 valence electrons. The van der Waals surface area contributed by atoms with Crippen LogP contribution < -0.4 is 5.73 Å². The van der Waals surface area contributed by atoms with Crippen LogP contribution in [0.3, 0.4) is 0 Å². The van der Waals surface area contributed by atoms with Gasteiger partial charge in [0.2, 0.25) is 0 Å². The third kappa shape index (κ3) is 2.78. The number of hydrogen-bond donors (Lipinski definition) is 2. The van der Waals surface area contributed by atoms with Crippen LogP contribution >= 0.6 is 11.3 Å². The lowest BCUT2D eigenvalue weighted by Gasteiger charge is -2.29. The highest BCUT2D eigenvalue weighted by Crippen LogP contribution is 2.25. The Labute approximate surface area is 89.2 Å². The van der Waals surface area contributed by atoms with Crippen molar-refractivity contribution in [1.29, 1.82) is 0 Å². The highest BCUT2D eigenvalue weighted by molar-refractivity contribution is 7.10. The van der Waals surface area contributed by atoms with Crippen molar-refractivity contribution in [3.05, 3.63) is 22.4 Å². The molecule has 0 aliphatic heterocycles. The molecule has 2 atom stereocenters. The van der Waals surface area contributed by atoms with E-state index in [9.17, 15) is 0 Å². The third-order valence-corrected chi connectivity index (χ3v) is 3.20. The molecular formula is C10H18N2OS. The molecule has 2 unspecified atom stereocenters. The molecule has 14 heavy (non-hydrogen) atoms. The second-order valence-corrected chi connectivity index (χ2v) is 4.50. The summed E-state index contributed by atoms with van der Waals surface area (Å²) in [5, 5.41) is 10.9. The first kappa shape index (κ1) is 11.7. The van der Waals surface area contributed by atoms with Gasteiger partial charge in [-0.05, 0) is 25.4 Å². The molecule has 1 aromatic rings. The first-order chi connectivity index (χ1) is 6.66. The predicted octanol–water partition coefficient (Wildman–Crippen LogP) is 1.06. The van der Waals surface area contributed by atoms with Crippen LogP contribution in [-0.4, -0.2) is 36.2 Å². The summed E-state index contributed by atoms with van der Waals surface area (Å²) in [6.45, 7) is 2.83. The molecule has 0 radical (unpaired) electrons. The van der Waals surface area contributed by atoms with Gasteiger partial charge in [-0.3, -0.25) is 4.90 Å². The zero-order chi connectivity index (χ0) is 10.6. The molecule has 1 heterocycles. The fourth-order valence-corrected chi connectivity index (χ4v) is 2.64. The van der Waals surface area contributed by atoms with Gasteiger partial charge in [0, 0.05) is 17.5 Å². The van der Waals surface area contributed by atoms with E-state index in [2.05, 4.69) is 16.3 Å². The maximum Gasteiger partial charge on any atom is 0.0589 e. The number of hydrogen-bond acceptors (Lipinski definition) is 4. The summed E-state index contributed by atoms with van der Waals surface area (Å²) >= 11 is 1.71. The number of likely N-dealkylation sites (N-methyl/N-ethyl adjacent to an activating group) is 1. The topological polar surface area (TPSA) is 49.5 Å². The van der Waals surface area contributed by atoms with Gasteiger partial charge in [-0.1, -0.05) is 6.07 Å². The Balaban J connectivity index is 2.74. The minimum absolute atomic E-state index is 0.0743. The van der Waals surface area contributed by atoms with Crippen LogP contribution in [0.25, 0.3) is 0 Å². The highest BCUT2D eigenvalue weighted by atomic mass is 32.1. The van der Waals surface area contributed by atoms with E-state index in [1.165, 1.54) is 4.88 Å². The Hall–Kier alpha value is -0.420. The van der Waals surface area contributed by atoms with Crippen LogP contribution in [0.5, 0.6) is 0 Å². The fourth-order valence-electron chi connectivity index (χ4n) is 1.63. The smallest absolute Gasteiger partial charge is 0.0589 e. The summed E-state index contributed by atoms with van der Waals surface area (Å²) < 4.78 is 0. The Bertz CT molecular complexity index is 249. The molecule has 0 fully saturated rings. The Morgan fingerprint density at radius 1 is 1.64 bits per heavy atom. The number of rotatable bonds is 5. The van der Waals surface area contributed by atoms with Crippen molar-refractivity contribution in [2.75, 3.05) is 20.2 Å². The Morgan fingerprint density at radius 3 is 2.79 bits per heavy atom. The van der Waals surface area contributed by atoms with E-state index in [4.69, 9.17) is 10.8 Å². The van der Waals surface area contributed by atoms with Gasteiger partial charge in [-0.15, -0.1) is 11.3 Å². The molecule has 0 aromatic carbocycles. The van der Waals surface area contributed by atoms with Crippen LogP contribution in [0.4, 0.5) is 0 Å². The summed E-state index contributed by atoms with van der Waals surface area (Å²) in [5.74, 6) is 0. The van der Waals surface area contributed by atoms with Crippen LogP contribution in [-0.2, 0) is 0 Å². The van der Waals surface area contributed by atoms with Gasteiger partial charge in [0.1, 0.15) is 0 Å². The molecule has 0 saturated carbocycles. The zero-order valence-electron chi connectivity index (χ0n) is 8.68. The molecule has 3 nitrogen and oxygen atoms in total. The van der Waals surface area contributed by atoms with Crippen molar-refractivity contribution < 1.29 is 5.11 Å². The zero-order valence-corrected chi connectivity index (χ0v) is 9.50. The monoisotopic (exact) mass is 214 g/mol. The van der Waals surface area contributed by atoms with Crippen LogP contribution in [0, 0.1) is 0 Å². The number of aliphatic hydroxyl groups excluding tert-OH is 1. The average Bonchev–Trinajstić information content (AvgIpc) is 2.57. The Kier molecular flexibility index (Phi) is 4.54. The molecule has 0 bridgehead atoms. The lowest BCUT2D eigenvalue weighted by atomic mass is 10.1. The second kappa shape index (κ2) is 5.46. The van der Waals surface area contributed by atoms with E-state index in [0.717, 1.165) is 0 Å². The van der Waals surface area contributed by atoms with Crippen LogP contribution in [0.2, 0.25) is 0 Å². The molecule has 3 N–H and O–H groups in total. The van der Waals surface area contributed by atoms with Gasteiger partial charge in [-0.2, -0.15) is 0 Å². The number of aliphatic hydroxyl groups is 1. The van der Waals surface area contributed by atoms with Crippen LogP contribution in [0.15, 0.2) is 17.5 Å². The molecule has 1 aromatic heterocycles. The third-order valence-electron chi connectivity index (χ3n) is 2.26. The quantitative estimate of drug-likeness (QED) is 0.770. The van der Waals surface area contributed by atoms with Crippen LogP contribution in [0.1, 0.15) is 17.8 Å². The van der Waals surface area contributed by atoms with Crippen molar-refractivity contribution in [3.63, 3.8) is 0 Å². The SMILES string of the molecule is CC(N)C(c1cccs1)N(C)CCO. The van der Waals surface area contributed by atoms with E-state index < -0.39 is 0 Å². The number of nitrogens with zero attached hydrogens (tertiary/aromatic N) is 1. The van der Waals surface area contributed by atoms with Gasteiger partial charge in [-0.25, -0.2) is 0 Å². The summed E-state index contributed by atoms with van der Waals surface area (Å²) in [5.41, 5.74) is 5.94. The lowest BCUT2D eigenvalue weighted by Crippen LogP contribution is -2.38. The molecule has 0 saturated heterocycles. The molecule has 0 aliphatic carbocycles. The number of nitrogens with two attached hydrogens (primary N) is 1. The van der Waals surface area contributed by atoms with Crippen molar-refractivity contribution >= 4 is 11.3 Å².